The van der Waals surface area contributed by atoms with Crippen LogP contribution in [-0.2, 0) is 11.3 Å². The standard InChI is InChI=1S/C22H30N4OS/c1-6-17-13-28-22-24-20(18-9-7-8-10-23-18)21(26(17)22)19-14(2)15(3)25(16(19)4)11-12-27-5/h7-10,17,20-21H,6,11-13H2,1-5H3/t17-,20-,21-/m1/s1. The Morgan fingerprint density at radius 2 is 2.04 bits per heavy atom. The second kappa shape index (κ2) is 7.91. The minimum atomic E-state index is 0.0492. The number of hydrogen-bond donors (Lipinski definition) is 0. The van der Waals surface area contributed by atoms with Crippen LogP contribution in [0.4, 0.5) is 0 Å². The second-order valence-corrected chi connectivity index (χ2v) is 8.68. The predicted molar refractivity (Wildman–Crippen MR) is 116 cm³/mol. The van der Waals surface area contributed by atoms with Gasteiger partial charge in [-0.1, -0.05) is 24.8 Å². The van der Waals surface area contributed by atoms with E-state index in [1.54, 1.807) is 7.11 Å². The van der Waals surface area contributed by atoms with Crippen LogP contribution in [0.2, 0.25) is 0 Å². The quantitative estimate of drug-likeness (QED) is 0.722. The van der Waals surface area contributed by atoms with Crippen molar-refractivity contribution in [3.05, 3.63) is 52.6 Å². The summed E-state index contributed by atoms with van der Waals surface area (Å²) >= 11 is 1.90. The molecule has 2 aromatic heterocycles. The summed E-state index contributed by atoms with van der Waals surface area (Å²) in [6.07, 6.45) is 3.02. The molecule has 4 heterocycles. The number of ether oxygens (including phenoxy) is 1. The third-order valence-corrected chi connectivity index (χ3v) is 7.42. The molecule has 1 saturated heterocycles. The van der Waals surface area contributed by atoms with E-state index in [4.69, 9.17) is 9.73 Å². The molecule has 3 atom stereocenters. The number of aromatic nitrogens is 2. The molecule has 5 nitrogen and oxygen atoms in total. The van der Waals surface area contributed by atoms with E-state index in [-0.39, 0.29) is 12.1 Å². The first-order chi connectivity index (χ1) is 13.6. The summed E-state index contributed by atoms with van der Waals surface area (Å²) in [6.45, 7) is 10.6. The number of aliphatic imine (C=N–C) groups is 1. The van der Waals surface area contributed by atoms with Gasteiger partial charge < -0.3 is 14.2 Å². The lowest BCUT2D eigenvalue weighted by Crippen LogP contribution is -2.35. The lowest BCUT2D eigenvalue weighted by Gasteiger charge is -2.32. The molecule has 0 saturated carbocycles. The summed E-state index contributed by atoms with van der Waals surface area (Å²) in [7, 11) is 1.77. The van der Waals surface area contributed by atoms with E-state index >= 15 is 0 Å². The van der Waals surface area contributed by atoms with Gasteiger partial charge in [0.25, 0.3) is 0 Å². The van der Waals surface area contributed by atoms with Crippen molar-refractivity contribution in [3.8, 4) is 0 Å². The molecule has 0 bridgehead atoms. The average Bonchev–Trinajstić information content (AvgIpc) is 3.34. The van der Waals surface area contributed by atoms with E-state index in [2.05, 4.69) is 54.3 Å². The number of nitrogens with zero attached hydrogens (tertiary/aromatic N) is 4. The molecule has 4 rings (SSSR count). The van der Waals surface area contributed by atoms with Gasteiger partial charge in [0.15, 0.2) is 5.17 Å². The van der Waals surface area contributed by atoms with Gasteiger partial charge in [-0.15, -0.1) is 0 Å². The fraction of sp³-hybridized carbons (Fsp3) is 0.545. The maximum Gasteiger partial charge on any atom is 0.160 e. The van der Waals surface area contributed by atoms with Gasteiger partial charge in [0.1, 0.15) is 6.04 Å². The Morgan fingerprint density at radius 3 is 2.71 bits per heavy atom. The Kier molecular flexibility index (Phi) is 5.52. The molecule has 0 aromatic carbocycles. The van der Waals surface area contributed by atoms with E-state index in [9.17, 15) is 0 Å². The molecule has 0 radical (unpaired) electrons. The van der Waals surface area contributed by atoms with Gasteiger partial charge in [-0.25, -0.2) is 0 Å². The van der Waals surface area contributed by atoms with Gasteiger partial charge in [0, 0.05) is 48.6 Å². The van der Waals surface area contributed by atoms with Gasteiger partial charge >= 0.3 is 0 Å². The monoisotopic (exact) mass is 398 g/mol. The van der Waals surface area contributed by atoms with Crippen molar-refractivity contribution < 1.29 is 4.74 Å². The third kappa shape index (κ3) is 3.07. The Labute approximate surface area is 172 Å². The van der Waals surface area contributed by atoms with Crippen LogP contribution in [0.3, 0.4) is 0 Å². The van der Waals surface area contributed by atoms with Crippen molar-refractivity contribution >= 4 is 16.9 Å². The third-order valence-electron chi connectivity index (χ3n) is 6.29. The van der Waals surface area contributed by atoms with Crippen molar-refractivity contribution in [1.82, 2.24) is 14.5 Å². The van der Waals surface area contributed by atoms with Crippen molar-refractivity contribution in [2.45, 2.75) is 58.8 Å². The molecule has 6 heteroatoms. The molecule has 0 spiro atoms. The number of pyridine rings is 1. The van der Waals surface area contributed by atoms with Crippen LogP contribution in [0, 0.1) is 20.8 Å². The molecule has 150 valence electrons. The molecule has 0 unspecified atom stereocenters. The zero-order valence-electron chi connectivity index (χ0n) is 17.5. The normalized spacial score (nSPS) is 24.0. The first-order valence-corrected chi connectivity index (χ1v) is 11.1. The predicted octanol–water partition coefficient (Wildman–Crippen LogP) is 4.43. The first-order valence-electron chi connectivity index (χ1n) is 10.1. The average molecular weight is 399 g/mol. The van der Waals surface area contributed by atoms with Crippen LogP contribution in [0.1, 0.15) is 53.6 Å². The molecule has 1 fully saturated rings. The fourth-order valence-electron chi connectivity index (χ4n) is 4.68. The SMILES string of the molecule is CC[C@@H]1CSC2=N[C@H](c3ccccn3)[C@@H](c3c(C)c(C)n(CCOC)c3C)N21. The van der Waals surface area contributed by atoms with Crippen molar-refractivity contribution in [3.63, 3.8) is 0 Å². The van der Waals surface area contributed by atoms with Crippen LogP contribution >= 0.6 is 11.8 Å². The highest BCUT2D eigenvalue weighted by molar-refractivity contribution is 8.14. The first kappa shape index (κ1) is 19.5. The van der Waals surface area contributed by atoms with E-state index in [0.29, 0.717) is 6.04 Å². The van der Waals surface area contributed by atoms with Gasteiger partial charge in [-0.2, -0.15) is 0 Å². The lowest BCUT2D eigenvalue weighted by atomic mass is 9.92. The Bertz CT molecular complexity index is 876. The molecule has 28 heavy (non-hydrogen) atoms. The highest BCUT2D eigenvalue weighted by Gasteiger charge is 2.47. The number of methoxy groups -OCH3 is 1. The van der Waals surface area contributed by atoms with Crippen molar-refractivity contribution in [2.75, 3.05) is 19.5 Å². The van der Waals surface area contributed by atoms with Crippen LogP contribution in [0.5, 0.6) is 0 Å². The highest BCUT2D eigenvalue weighted by atomic mass is 32.2. The van der Waals surface area contributed by atoms with E-state index in [1.165, 1.54) is 27.7 Å². The van der Waals surface area contributed by atoms with Crippen molar-refractivity contribution in [2.24, 2.45) is 4.99 Å². The number of rotatable bonds is 6. The van der Waals surface area contributed by atoms with Crippen molar-refractivity contribution in [1.29, 1.82) is 0 Å². The summed E-state index contributed by atoms with van der Waals surface area (Å²) in [6, 6.07) is 6.97. The molecule has 2 aromatic rings. The zero-order chi connectivity index (χ0) is 19.8. The highest BCUT2D eigenvalue weighted by Crippen LogP contribution is 2.50. The maximum atomic E-state index is 5.36. The van der Waals surface area contributed by atoms with Crippen LogP contribution in [-0.4, -0.2) is 45.1 Å². The van der Waals surface area contributed by atoms with E-state index < -0.39 is 0 Å². The second-order valence-electron chi connectivity index (χ2n) is 7.69. The molecule has 2 aliphatic heterocycles. The Balaban J connectivity index is 1.83. The molecule has 0 amide bonds. The summed E-state index contributed by atoms with van der Waals surface area (Å²) < 4.78 is 7.77. The summed E-state index contributed by atoms with van der Waals surface area (Å²) in [5.74, 6) is 1.13. The molecule has 0 N–H and O–H groups in total. The van der Waals surface area contributed by atoms with Crippen LogP contribution < -0.4 is 0 Å². The minimum absolute atomic E-state index is 0.0492. The van der Waals surface area contributed by atoms with Crippen LogP contribution in [0.25, 0.3) is 0 Å². The maximum absolute atomic E-state index is 5.36. The largest absolute Gasteiger partial charge is 0.383 e. The number of amidine groups is 1. The molecule has 2 aliphatic rings. The molecular formula is C22H30N4OS. The summed E-state index contributed by atoms with van der Waals surface area (Å²) in [5.41, 5.74) is 6.52. The Hall–Kier alpha value is -1.79. The zero-order valence-corrected chi connectivity index (χ0v) is 18.3. The number of thioether (sulfide) groups is 1. The van der Waals surface area contributed by atoms with Crippen LogP contribution in [0.15, 0.2) is 29.4 Å². The van der Waals surface area contributed by atoms with Gasteiger partial charge in [0.2, 0.25) is 0 Å². The summed E-state index contributed by atoms with van der Waals surface area (Å²) in [4.78, 5) is 12.4. The minimum Gasteiger partial charge on any atom is -0.383 e. The van der Waals surface area contributed by atoms with E-state index in [1.807, 2.05) is 24.0 Å². The Morgan fingerprint density at radius 1 is 1.21 bits per heavy atom. The smallest absolute Gasteiger partial charge is 0.160 e. The van der Waals surface area contributed by atoms with Gasteiger partial charge in [-0.05, 0) is 44.9 Å². The van der Waals surface area contributed by atoms with Gasteiger partial charge in [0.05, 0.1) is 18.3 Å². The lowest BCUT2D eigenvalue weighted by molar-refractivity contribution is 0.186. The molecular weight excluding hydrogens is 368 g/mol. The van der Waals surface area contributed by atoms with Gasteiger partial charge in [-0.3, -0.25) is 9.98 Å². The molecule has 0 aliphatic carbocycles. The number of fused-ring (bicyclic) bond motifs is 1. The summed E-state index contributed by atoms with van der Waals surface area (Å²) in [5, 5.41) is 1.19. The van der Waals surface area contributed by atoms with E-state index in [0.717, 1.165) is 31.0 Å². The fourth-order valence-corrected chi connectivity index (χ4v) is 6.02. The topological polar surface area (TPSA) is 42.6 Å². The number of hydrogen-bond acceptors (Lipinski definition) is 5.